The Morgan fingerprint density at radius 1 is 1.00 bits per heavy atom. The molecule has 0 unspecified atom stereocenters. The van der Waals surface area contributed by atoms with E-state index in [2.05, 4.69) is 55.8 Å². The highest BCUT2D eigenvalue weighted by molar-refractivity contribution is 5.79. The van der Waals surface area contributed by atoms with E-state index >= 15 is 0 Å². The average Bonchev–Trinajstić information content (AvgIpc) is 2.88. The van der Waals surface area contributed by atoms with E-state index in [0.717, 1.165) is 88.0 Å². The van der Waals surface area contributed by atoms with Gasteiger partial charge in [0.15, 0.2) is 0 Å². The van der Waals surface area contributed by atoms with Crippen molar-refractivity contribution in [2.75, 3.05) is 37.6 Å². The molecule has 1 aromatic heterocycles. The van der Waals surface area contributed by atoms with Crippen LogP contribution in [0.1, 0.15) is 110 Å². The first-order valence-corrected chi connectivity index (χ1v) is 14.9. The summed E-state index contributed by atoms with van der Waals surface area (Å²) in [7, 11) is 0. The molecule has 2 saturated carbocycles. The van der Waals surface area contributed by atoms with Gasteiger partial charge in [-0.1, -0.05) is 34.6 Å². The van der Waals surface area contributed by atoms with Crippen LogP contribution in [0.4, 0.5) is 5.82 Å². The number of piperazine rings is 1. The Balaban J connectivity index is 1.18. The molecule has 4 rings (SSSR count). The van der Waals surface area contributed by atoms with Gasteiger partial charge >= 0.3 is 0 Å². The van der Waals surface area contributed by atoms with Crippen LogP contribution < -0.4 is 10.2 Å². The average molecular weight is 514 g/mol. The molecule has 3 fully saturated rings. The second kappa shape index (κ2) is 12.4. The van der Waals surface area contributed by atoms with E-state index in [0.29, 0.717) is 12.0 Å². The second-order valence-corrected chi connectivity index (χ2v) is 13.2. The molecule has 0 bridgehead atoms. The highest BCUT2D eigenvalue weighted by Crippen LogP contribution is 2.30. The molecule has 0 radical (unpaired) electrons. The van der Waals surface area contributed by atoms with Crippen LogP contribution in [-0.2, 0) is 10.2 Å². The summed E-state index contributed by atoms with van der Waals surface area (Å²) in [4.78, 5) is 27.5. The molecule has 7 nitrogen and oxygen atoms in total. The molecule has 7 heteroatoms. The number of carbonyl (C=O) groups is 1. The summed E-state index contributed by atoms with van der Waals surface area (Å²) in [5.74, 6) is 3.55. The van der Waals surface area contributed by atoms with Gasteiger partial charge in [-0.2, -0.15) is 0 Å². The Bertz CT molecular complexity index is 874. The van der Waals surface area contributed by atoms with Crippen LogP contribution in [0.5, 0.6) is 0 Å². The Morgan fingerprint density at radius 3 is 2.24 bits per heavy atom. The molecule has 1 saturated heterocycles. The van der Waals surface area contributed by atoms with Crippen molar-refractivity contribution in [2.24, 2.45) is 11.8 Å². The van der Waals surface area contributed by atoms with Crippen molar-refractivity contribution >= 4 is 11.7 Å². The molecule has 1 aromatic rings. The third-order valence-electron chi connectivity index (χ3n) is 8.81. The lowest BCUT2D eigenvalue weighted by Gasteiger charge is -2.37. The number of hydrogen-bond acceptors (Lipinski definition) is 6. The molecule has 1 aliphatic heterocycles. The number of aromatic nitrogens is 2. The monoisotopic (exact) mass is 513 g/mol. The molecule has 37 heavy (non-hydrogen) atoms. The first-order valence-electron chi connectivity index (χ1n) is 14.9. The first-order chi connectivity index (χ1) is 17.6. The zero-order valence-corrected chi connectivity index (χ0v) is 24.0. The van der Waals surface area contributed by atoms with Crippen LogP contribution in [-0.4, -0.2) is 70.8 Å². The topological polar surface area (TPSA) is 81.6 Å². The molecule has 2 N–H and O–H groups in total. The van der Waals surface area contributed by atoms with E-state index in [4.69, 9.17) is 9.97 Å². The van der Waals surface area contributed by atoms with E-state index in [9.17, 15) is 9.90 Å². The number of aliphatic hydroxyl groups excluding tert-OH is 1. The number of aliphatic hydroxyl groups is 1. The zero-order valence-electron chi connectivity index (χ0n) is 24.0. The van der Waals surface area contributed by atoms with Crippen LogP contribution in [0, 0.1) is 11.8 Å². The summed E-state index contributed by atoms with van der Waals surface area (Å²) >= 11 is 0. The van der Waals surface area contributed by atoms with Gasteiger partial charge in [0.05, 0.1) is 6.10 Å². The number of amides is 1. The third kappa shape index (κ3) is 7.89. The van der Waals surface area contributed by atoms with E-state index in [1.54, 1.807) is 0 Å². The molecule has 3 aliphatic rings. The summed E-state index contributed by atoms with van der Waals surface area (Å²) in [6.45, 7) is 16.4. The van der Waals surface area contributed by atoms with Crippen molar-refractivity contribution in [3.63, 3.8) is 0 Å². The fourth-order valence-electron chi connectivity index (χ4n) is 6.06. The van der Waals surface area contributed by atoms with E-state index in [-0.39, 0.29) is 23.3 Å². The lowest BCUT2D eigenvalue weighted by Crippen LogP contribution is -2.47. The number of nitrogens with zero attached hydrogens (tertiary/aromatic N) is 4. The predicted octanol–water partition coefficient (Wildman–Crippen LogP) is 4.64. The quantitative estimate of drug-likeness (QED) is 0.553. The van der Waals surface area contributed by atoms with Crippen molar-refractivity contribution in [1.82, 2.24) is 20.2 Å². The molecule has 208 valence electrons. The molecule has 0 spiro atoms. The summed E-state index contributed by atoms with van der Waals surface area (Å²) in [5, 5.41) is 13.0. The van der Waals surface area contributed by atoms with Crippen LogP contribution in [0.25, 0.3) is 0 Å². The van der Waals surface area contributed by atoms with Crippen molar-refractivity contribution in [3.8, 4) is 0 Å². The normalized spacial score (nSPS) is 27.9. The second-order valence-electron chi connectivity index (χ2n) is 13.2. The van der Waals surface area contributed by atoms with Gasteiger partial charge in [-0.05, 0) is 76.2 Å². The standard InChI is InChI=1S/C30H51N5O2/c1-21(2)26-20-27(33-29(32-26)30(3,4)5)35-18-16-34(17-19-35)15-14-22-6-10-24(11-7-22)31-28(37)23-8-12-25(36)13-9-23/h20-25,36H,6-19H2,1-5H3,(H,31,37). The van der Waals surface area contributed by atoms with Gasteiger partial charge < -0.3 is 15.3 Å². The minimum Gasteiger partial charge on any atom is -0.393 e. The summed E-state index contributed by atoms with van der Waals surface area (Å²) < 4.78 is 0. The Morgan fingerprint density at radius 2 is 1.65 bits per heavy atom. The largest absolute Gasteiger partial charge is 0.393 e. The predicted molar refractivity (Wildman–Crippen MR) is 150 cm³/mol. The maximum atomic E-state index is 12.6. The van der Waals surface area contributed by atoms with Gasteiger partial charge in [0.25, 0.3) is 0 Å². The van der Waals surface area contributed by atoms with Crippen molar-refractivity contribution in [2.45, 2.75) is 116 Å². The van der Waals surface area contributed by atoms with Gasteiger partial charge in [0, 0.05) is 55.3 Å². The van der Waals surface area contributed by atoms with Crippen LogP contribution in [0.15, 0.2) is 6.07 Å². The molecule has 2 aliphatic carbocycles. The third-order valence-corrected chi connectivity index (χ3v) is 8.81. The van der Waals surface area contributed by atoms with E-state index in [1.807, 2.05) is 0 Å². The number of anilines is 1. The Hall–Kier alpha value is -1.73. The summed E-state index contributed by atoms with van der Waals surface area (Å²) in [6.07, 6.45) is 8.96. The molecular weight excluding hydrogens is 462 g/mol. The van der Waals surface area contributed by atoms with Gasteiger partial charge in [0.1, 0.15) is 11.6 Å². The maximum Gasteiger partial charge on any atom is 0.223 e. The summed E-state index contributed by atoms with van der Waals surface area (Å²) in [5.41, 5.74) is 1.09. The zero-order chi connectivity index (χ0) is 26.6. The SMILES string of the molecule is CC(C)c1cc(N2CCN(CCC3CCC(NC(=O)C4CCC(O)CC4)CC3)CC2)nc(C(C)(C)C)n1. The van der Waals surface area contributed by atoms with E-state index in [1.165, 1.54) is 25.8 Å². The molecule has 2 heterocycles. The number of hydrogen-bond donors (Lipinski definition) is 2. The lowest BCUT2D eigenvalue weighted by atomic mass is 9.83. The Kier molecular flexibility index (Phi) is 9.49. The highest BCUT2D eigenvalue weighted by atomic mass is 16.3. The minimum absolute atomic E-state index is 0.0529. The fraction of sp³-hybridized carbons (Fsp3) is 0.833. The molecule has 0 atom stereocenters. The van der Waals surface area contributed by atoms with Gasteiger partial charge in [-0.25, -0.2) is 9.97 Å². The van der Waals surface area contributed by atoms with Gasteiger partial charge in [0.2, 0.25) is 5.91 Å². The number of nitrogens with one attached hydrogen (secondary N) is 1. The Labute approximate surface area is 224 Å². The summed E-state index contributed by atoms with van der Waals surface area (Å²) in [6, 6.07) is 2.55. The maximum absolute atomic E-state index is 12.6. The lowest BCUT2D eigenvalue weighted by molar-refractivity contribution is -0.127. The molecular formula is C30H51N5O2. The van der Waals surface area contributed by atoms with E-state index < -0.39 is 0 Å². The van der Waals surface area contributed by atoms with Crippen LogP contribution in [0.3, 0.4) is 0 Å². The fourth-order valence-corrected chi connectivity index (χ4v) is 6.06. The molecule has 1 amide bonds. The van der Waals surface area contributed by atoms with Gasteiger partial charge in [-0.15, -0.1) is 0 Å². The van der Waals surface area contributed by atoms with Gasteiger partial charge in [-0.3, -0.25) is 9.69 Å². The van der Waals surface area contributed by atoms with Crippen molar-refractivity contribution in [1.29, 1.82) is 0 Å². The van der Waals surface area contributed by atoms with Crippen molar-refractivity contribution < 1.29 is 9.90 Å². The smallest absolute Gasteiger partial charge is 0.223 e. The van der Waals surface area contributed by atoms with Crippen molar-refractivity contribution in [3.05, 3.63) is 17.6 Å². The van der Waals surface area contributed by atoms with Crippen LogP contribution >= 0.6 is 0 Å². The van der Waals surface area contributed by atoms with Crippen LogP contribution in [0.2, 0.25) is 0 Å². The number of carbonyl (C=O) groups excluding carboxylic acids is 1. The first kappa shape index (κ1) is 28.3. The highest BCUT2D eigenvalue weighted by Gasteiger charge is 2.29. The molecule has 0 aromatic carbocycles. The minimum atomic E-state index is -0.200. The number of rotatable bonds is 7.